The van der Waals surface area contributed by atoms with Crippen LogP contribution in [0.1, 0.15) is 22.5 Å². The van der Waals surface area contributed by atoms with E-state index in [1.165, 1.54) is 5.56 Å². The molecular formula is C20H23N3O2. The number of nitrogens with zero attached hydrogens (tertiary/aromatic N) is 2. The zero-order valence-corrected chi connectivity index (χ0v) is 14.9. The maximum absolute atomic E-state index is 12.3. The van der Waals surface area contributed by atoms with Crippen LogP contribution in [0.25, 0.3) is 5.65 Å². The van der Waals surface area contributed by atoms with Crippen molar-refractivity contribution < 1.29 is 9.53 Å². The van der Waals surface area contributed by atoms with Crippen molar-refractivity contribution in [3.63, 3.8) is 0 Å². The molecule has 130 valence electrons. The Kier molecular flexibility index (Phi) is 5.03. The molecule has 1 amide bonds. The molecule has 1 aromatic carbocycles. The van der Waals surface area contributed by atoms with Gasteiger partial charge in [-0.2, -0.15) is 0 Å². The van der Waals surface area contributed by atoms with Crippen molar-refractivity contribution in [2.75, 3.05) is 13.7 Å². The van der Waals surface area contributed by atoms with Crippen molar-refractivity contribution in [1.29, 1.82) is 0 Å². The van der Waals surface area contributed by atoms with Gasteiger partial charge in [-0.3, -0.25) is 4.79 Å². The van der Waals surface area contributed by atoms with Crippen molar-refractivity contribution in [2.45, 2.75) is 26.7 Å². The van der Waals surface area contributed by atoms with Crippen LogP contribution in [0.3, 0.4) is 0 Å². The van der Waals surface area contributed by atoms with E-state index in [0.29, 0.717) is 13.0 Å². The first kappa shape index (κ1) is 17.0. The number of aromatic nitrogens is 2. The van der Waals surface area contributed by atoms with Gasteiger partial charge in [0, 0.05) is 12.7 Å². The van der Waals surface area contributed by atoms with Crippen molar-refractivity contribution in [2.24, 2.45) is 0 Å². The first-order valence-corrected chi connectivity index (χ1v) is 8.41. The molecule has 0 saturated carbocycles. The molecule has 0 aliphatic carbocycles. The smallest absolute Gasteiger partial charge is 0.226 e. The van der Waals surface area contributed by atoms with Crippen LogP contribution >= 0.6 is 0 Å². The van der Waals surface area contributed by atoms with Gasteiger partial charge in [-0.1, -0.05) is 18.2 Å². The summed E-state index contributed by atoms with van der Waals surface area (Å²) in [6.45, 7) is 4.59. The van der Waals surface area contributed by atoms with E-state index in [4.69, 9.17) is 4.74 Å². The van der Waals surface area contributed by atoms with E-state index in [2.05, 4.69) is 10.3 Å². The first-order chi connectivity index (χ1) is 12.1. The zero-order chi connectivity index (χ0) is 17.8. The lowest BCUT2D eigenvalue weighted by Gasteiger charge is -2.07. The first-order valence-electron chi connectivity index (χ1n) is 8.41. The number of hydrogen-bond donors (Lipinski definition) is 1. The number of fused-ring (bicyclic) bond motifs is 1. The van der Waals surface area contributed by atoms with Gasteiger partial charge in [0.15, 0.2) is 0 Å². The number of aryl methyl sites for hydroxylation is 2. The zero-order valence-electron chi connectivity index (χ0n) is 14.9. The Morgan fingerprint density at radius 1 is 1.20 bits per heavy atom. The van der Waals surface area contributed by atoms with Crippen LogP contribution in [0, 0.1) is 13.8 Å². The second-order valence-corrected chi connectivity index (χ2v) is 6.15. The summed E-state index contributed by atoms with van der Waals surface area (Å²) >= 11 is 0. The molecule has 5 heteroatoms. The number of hydrogen-bond acceptors (Lipinski definition) is 3. The lowest BCUT2D eigenvalue weighted by atomic mass is 10.1. The maximum Gasteiger partial charge on any atom is 0.226 e. The minimum absolute atomic E-state index is 0.0138. The summed E-state index contributed by atoms with van der Waals surface area (Å²) < 4.78 is 7.15. The minimum Gasteiger partial charge on any atom is -0.497 e. The summed E-state index contributed by atoms with van der Waals surface area (Å²) in [5.74, 6) is 0.853. The van der Waals surface area contributed by atoms with Crippen molar-refractivity contribution in [1.82, 2.24) is 14.7 Å². The van der Waals surface area contributed by atoms with Gasteiger partial charge in [0.25, 0.3) is 0 Å². The fourth-order valence-electron chi connectivity index (χ4n) is 2.93. The molecule has 0 radical (unpaired) electrons. The predicted octanol–water partition coefficient (Wildman–Crippen LogP) is 2.86. The molecule has 0 fully saturated rings. The number of benzene rings is 1. The fraction of sp³-hybridized carbons (Fsp3) is 0.300. The summed E-state index contributed by atoms with van der Waals surface area (Å²) in [7, 11) is 1.65. The minimum atomic E-state index is 0.0138. The molecule has 0 aliphatic heterocycles. The Labute approximate surface area is 147 Å². The summed E-state index contributed by atoms with van der Waals surface area (Å²) in [4.78, 5) is 16.9. The maximum atomic E-state index is 12.3. The Balaban J connectivity index is 1.59. The highest BCUT2D eigenvalue weighted by Crippen LogP contribution is 2.16. The highest BCUT2D eigenvalue weighted by molar-refractivity contribution is 5.78. The molecule has 0 aliphatic rings. The van der Waals surface area contributed by atoms with E-state index in [0.717, 1.165) is 34.8 Å². The Hall–Kier alpha value is -2.82. The second kappa shape index (κ2) is 7.38. The van der Waals surface area contributed by atoms with E-state index >= 15 is 0 Å². The van der Waals surface area contributed by atoms with Gasteiger partial charge in [0.05, 0.1) is 24.9 Å². The van der Waals surface area contributed by atoms with Crippen LogP contribution in [0.5, 0.6) is 5.75 Å². The monoisotopic (exact) mass is 337 g/mol. The summed E-state index contributed by atoms with van der Waals surface area (Å²) in [5, 5.41) is 2.99. The molecule has 2 aromatic heterocycles. The van der Waals surface area contributed by atoms with E-state index in [1.807, 2.05) is 60.8 Å². The number of pyridine rings is 1. The summed E-state index contributed by atoms with van der Waals surface area (Å²) in [6, 6.07) is 11.9. The van der Waals surface area contributed by atoms with Crippen LogP contribution in [-0.2, 0) is 17.6 Å². The van der Waals surface area contributed by atoms with Crippen LogP contribution in [0.15, 0.2) is 42.6 Å². The number of carbonyl (C=O) groups is 1. The number of nitrogens with one attached hydrogen (secondary N) is 1. The number of ether oxygens (including phenoxy) is 1. The van der Waals surface area contributed by atoms with E-state index in [-0.39, 0.29) is 5.91 Å². The van der Waals surface area contributed by atoms with Crippen molar-refractivity contribution >= 4 is 11.6 Å². The van der Waals surface area contributed by atoms with Gasteiger partial charge in [0.2, 0.25) is 5.91 Å². The lowest BCUT2D eigenvalue weighted by Crippen LogP contribution is -2.27. The van der Waals surface area contributed by atoms with Crippen LogP contribution in [0.4, 0.5) is 0 Å². The molecule has 1 N–H and O–H groups in total. The molecule has 25 heavy (non-hydrogen) atoms. The van der Waals surface area contributed by atoms with Gasteiger partial charge < -0.3 is 14.5 Å². The standard InChI is InChI=1S/C20H23N3O2/c1-14-5-4-12-23-18(15(2)22-20(14)23)13-19(24)21-11-10-16-6-8-17(25-3)9-7-16/h4-9,12H,10-11,13H2,1-3H3,(H,21,24). The lowest BCUT2D eigenvalue weighted by molar-refractivity contribution is -0.120. The molecule has 2 heterocycles. The van der Waals surface area contributed by atoms with E-state index in [9.17, 15) is 4.79 Å². The molecule has 3 rings (SSSR count). The van der Waals surface area contributed by atoms with Gasteiger partial charge in [-0.05, 0) is 49.6 Å². The topological polar surface area (TPSA) is 55.6 Å². The van der Waals surface area contributed by atoms with Gasteiger partial charge >= 0.3 is 0 Å². The summed E-state index contributed by atoms with van der Waals surface area (Å²) in [6.07, 6.45) is 3.09. The normalized spacial score (nSPS) is 10.8. The molecule has 0 atom stereocenters. The molecule has 0 spiro atoms. The van der Waals surface area contributed by atoms with E-state index in [1.54, 1.807) is 7.11 Å². The largest absolute Gasteiger partial charge is 0.497 e. The predicted molar refractivity (Wildman–Crippen MR) is 98.1 cm³/mol. The molecule has 5 nitrogen and oxygen atoms in total. The Bertz CT molecular complexity index is 882. The number of methoxy groups -OCH3 is 1. The van der Waals surface area contributed by atoms with Gasteiger partial charge in [-0.15, -0.1) is 0 Å². The molecular weight excluding hydrogens is 314 g/mol. The molecule has 0 unspecified atom stereocenters. The highest BCUT2D eigenvalue weighted by atomic mass is 16.5. The average Bonchev–Trinajstić information content (AvgIpc) is 2.93. The Morgan fingerprint density at radius 3 is 2.68 bits per heavy atom. The van der Waals surface area contributed by atoms with Crippen molar-refractivity contribution in [3.05, 3.63) is 65.1 Å². The molecule has 0 bridgehead atoms. The van der Waals surface area contributed by atoms with Gasteiger partial charge in [0.1, 0.15) is 11.4 Å². The number of amides is 1. The van der Waals surface area contributed by atoms with Crippen LogP contribution in [-0.4, -0.2) is 28.9 Å². The number of rotatable bonds is 6. The highest BCUT2D eigenvalue weighted by Gasteiger charge is 2.13. The third-order valence-corrected chi connectivity index (χ3v) is 4.37. The SMILES string of the molecule is COc1ccc(CCNC(=O)Cc2c(C)nc3c(C)cccn23)cc1. The third-order valence-electron chi connectivity index (χ3n) is 4.37. The number of carbonyl (C=O) groups excluding carboxylic acids is 1. The second-order valence-electron chi connectivity index (χ2n) is 6.15. The Morgan fingerprint density at radius 2 is 1.96 bits per heavy atom. The molecule has 3 aromatic rings. The van der Waals surface area contributed by atoms with Gasteiger partial charge in [-0.25, -0.2) is 4.98 Å². The van der Waals surface area contributed by atoms with E-state index < -0.39 is 0 Å². The number of imidazole rings is 1. The van der Waals surface area contributed by atoms with Crippen LogP contribution in [0.2, 0.25) is 0 Å². The quantitative estimate of drug-likeness (QED) is 0.752. The average molecular weight is 337 g/mol. The summed E-state index contributed by atoms with van der Waals surface area (Å²) in [5.41, 5.74) is 5.04. The molecule has 0 saturated heterocycles. The fourth-order valence-corrected chi connectivity index (χ4v) is 2.93. The van der Waals surface area contributed by atoms with Crippen LogP contribution < -0.4 is 10.1 Å². The third kappa shape index (κ3) is 3.82. The van der Waals surface area contributed by atoms with Crippen molar-refractivity contribution in [3.8, 4) is 5.75 Å².